The summed E-state index contributed by atoms with van der Waals surface area (Å²) in [5, 5.41) is 12.6. The van der Waals surface area contributed by atoms with Gasteiger partial charge in [0.25, 0.3) is 5.91 Å². The molecule has 0 N–H and O–H groups in total. The van der Waals surface area contributed by atoms with Gasteiger partial charge in [-0.3, -0.25) is 4.79 Å². The van der Waals surface area contributed by atoms with Gasteiger partial charge in [0.15, 0.2) is 11.5 Å². The standard InChI is InChI=1S/C17H19N7O/c1-13-4-5-15(21-20-13)22-7-3-8-23(11-10-22)17(25)14-12-19-24-9-2-6-18-16(14)24/h2,4-6,9,12H,3,7-8,10-11H2,1H3. The molecular weight excluding hydrogens is 318 g/mol. The Morgan fingerprint density at radius 1 is 1.12 bits per heavy atom. The fourth-order valence-electron chi connectivity index (χ4n) is 3.06. The Hall–Kier alpha value is -3.03. The van der Waals surface area contributed by atoms with Gasteiger partial charge in [0.2, 0.25) is 0 Å². The second-order valence-corrected chi connectivity index (χ2v) is 6.11. The zero-order valence-corrected chi connectivity index (χ0v) is 14.0. The van der Waals surface area contributed by atoms with Crippen molar-refractivity contribution in [3.63, 3.8) is 0 Å². The number of aryl methyl sites for hydroxylation is 1. The SMILES string of the molecule is Cc1ccc(N2CCCN(C(=O)c3cnn4cccnc34)CC2)nn1. The van der Waals surface area contributed by atoms with E-state index in [0.29, 0.717) is 24.3 Å². The monoisotopic (exact) mass is 337 g/mol. The molecule has 1 fully saturated rings. The fraction of sp³-hybridized carbons (Fsp3) is 0.353. The molecule has 0 atom stereocenters. The molecule has 4 rings (SSSR count). The average molecular weight is 337 g/mol. The first-order valence-electron chi connectivity index (χ1n) is 8.35. The van der Waals surface area contributed by atoms with Crippen LogP contribution in [0.5, 0.6) is 0 Å². The Labute approximate surface area is 145 Å². The molecule has 4 heterocycles. The molecule has 0 spiro atoms. The first-order chi connectivity index (χ1) is 12.2. The Kier molecular flexibility index (Phi) is 4.01. The van der Waals surface area contributed by atoms with Crippen molar-refractivity contribution >= 4 is 17.4 Å². The molecule has 0 aromatic carbocycles. The highest BCUT2D eigenvalue weighted by Crippen LogP contribution is 2.16. The highest BCUT2D eigenvalue weighted by atomic mass is 16.2. The van der Waals surface area contributed by atoms with Crippen LogP contribution in [0.2, 0.25) is 0 Å². The number of fused-ring (bicyclic) bond motifs is 1. The lowest BCUT2D eigenvalue weighted by atomic mass is 10.2. The first kappa shape index (κ1) is 15.5. The van der Waals surface area contributed by atoms with Crippen molar-refractivity contribution in [3.8, 4) is 0 Å². The predicted molar refractivity (Wildman–Crippen MR) is 92.5 cm³/mol. The molecule has 0 radical (unpaired) electrons. The third-order valence-corrected chi connectivity index (χ3v) is 4.40. The van der Waals surface area contributed by atoms with E-state index in [4.69, 9.17) is 0 Å². The van der Waals surface area contributed by atoms with Gasteiger partial charge in [-0.15, -0.1) is 5.10 Å². The van der Waals surface area contributed by atoms with Crippen molar-refractivity contribution in [2.45, 2.75) is 13.3 Å². The highest BCUT2D eigenvalue weighted by Gasteiger charge is 2.23. The molecule has 0 unspecified atom stereocenters. The molecule has 0 bridgehead atoms. The van der Waals surface area contributed by atoms with E-state index in [1.54, 1.807) is 29.2 Å². The van der Waals surface area contributed by atoms with Gasteiger partial charge in [-0.2, -0.15) is 10.2 Å². The van der Waals surface area contributed by atoms with Gasteiger partial charge in [-0.25, -0.2) is 9.50 Å². The zero-order chi connectivity index (χ0) is 17.2. The molecule has 1 saturated heterocycles. The number of hydrogen-bond donors (Lipinski definition) is 0. The van der Waals surface area contributed by atoms with Crippen molar-refractivity contribution in [1.29, 1.82) is 0 Å². The Morgan fingerprint density at radius 3 is 2.88 bits per heavy atom. The molecule has 1 aliphatic heterocycles. The largest absolute Gasteiger partial charge is 0.353 e. The molecule has 3 aromatic rings. The summed E-state index contributed by atoms with van der Waals surface area (Å²) in [6, 6.07) is 5.73. The molecular formula is C17H19N7O. The summed E-state index contributed by atoms with van der Waals surface area (Å²) in [5.74, 6) is 0.836. The number of nitrogens with zero attached hydrogens (tertiary/aromatic N) is 7. The number of carbonyl (C=O) groups is 1. The second kappa shape index (κ2) is 6.46. The third-order valence-electron chi connectivity index (χ3n) is 4.40. The van der Waals surface area contributed by atoms with Crippen LogP contribution in [0.1, 0.15) is 22.5 Å². The summed E-state index contributed by atoms with van der Waals surface area (Å²) >= 11 is 0. The third kappa shape index (κ3) is 3.02. The number of amides is 1. The lowest BCUT2D eigenvalue weighted by Crippen LogP contribution is -2.35. The van der Waals surface area contributed by atoms with E-state index >= 15 is 0 Å². The molecule has 0 saturated carbocycles. The molecule has 8 nitrogen and oxygen atoms in total. The molecule has 3 aromatic heterocycles. The maximum atomic E-state index is 12.9. The quantitative estimate of drug-likeness (QED) is 0.699. The van der Waals surface area contributed by atoms with Gasteiger partial charge >= 0.3 is 0 Å². The van der Waals surface area contributed by atoms with E-state index in [1.807, 2.05) is 24.0 Å². The van der Waals surface area contributed by atoms with E-state index in [2.05, 4.69) is 25.2 Å². The van der Waals surface area contributed by atoms with Crippen LogP contribution in [-0.2, 0) is 0 Å². The van der Waals surface area contributed by atoms with Crippen molar-refractivity contribution in [2.24, 2.45) is 0 Å². The summed E-state index contributed by atoms with van der Waals surface area (Å²) in [4.78, 5) is 21.2. The Bertz CT molecular complexity index is 889. The lowest BCUT2D eigenvalue weighted by Gasteiger charge is -2.22. The minimum atomic E-state index is -0.0226. The van der Waals surface area contributed by atoms with Crippen molar-refractivity contribution in [3.05, 3.63) is 48.0 Å². The molecule has 1 amide bonds. The summed E-state index contributed by atoms with van der Waals surface area (Å²) < 4.78 is 1.62. The van der Waals surface area contributed by atoms with Gasteiger partial charge < -0.3 is 9.80 Å². The Morgan fingerprint density at radius 2 is 2.04 bits per heavy atom. The van der Waals surface area contributed by atoms with E-state index in [0.717, 1.165) is 31.0 Å². The van der Waals surface area contributed by atoms with Crippen molar-refractivity contribution in [2.75, 3.05) is 31.1 Å². The average Bonchev–Trinajstić information content (AvgIpc) is 2.91. The minimum Gasteiger partial charge on any atom is -0.353 e. The summed E-state index contributed by atoms with van der Waals surface area (Å²) in [5.41, 5.74) is 2.04. The van der Waals surface area contributed by atoms with Crippen LogP contribution in [0, 0.1) is 6.92 Å². The van der Waals surface area contributed by atoms with Crippen LogP contribution in [0.4, 0.5) is 5.82 Å². The molecule has 0 aliphatic carbocycles. The van der Waals surface area contributed by atoms with Gasteiger partial charge in [-0.1, -0.05) is 0 Å². The zero-order valence-electron chi connectivity index (χ0n) is 14.0. The minimum absolute atomic E-state index is 0.0226. The van der Waals surface area contributed by atoms with E-state index in [1.165, 1.54) is 0 Å². The van der Waals surface area contributed by atoms with E-state index < -0.39 is 0 Å². The van der Waals surface area contributed by atoms with Gasteiger partial charge in [0.05, 0.1) is 11.9 Å². The highest BCUT2D eigenvalue weighted by molar-refractivity contribution is 5.99. The van der Waals surface area contributed by atoms with Gasteiger partial charge in [0, 0.05) is 38.6 Å². The molecule has 8 heteroatoms. The smallest absolute Gasteiger partial charge is 0.259 e. The number of carbonyl (C=O) groups excluding carboxylic acids is 1. The van der Waals surface area contributed by atoms with Crippen LogP contribution in [0.3, 0.4) is 0 Å². The molecule has 25 heavy (non-hydrogen) atoms. The van der Waals surface area contributed by atoms with Crippen molar-refractivity contribution < 1.29 is 4.79 Å². The number of aromatic nitrogens is 5. The number of rotatable bonds is 2. The lowest BCUT2D eigenvalue weighted by molar-refractivity contribution is 0.0768. The maximum absolute atomic E-state index is 12.9. The number of anilines is 1. The second-order valence-electron chi connectivity index (χ2n) is 6.11. The molecule has 1 aliphatic rings. The van der Waals surface area contributed by atoms with Crippen LogP contribution in [-0.4, -0.2) is 61.8 Å². The summed E-state index contributed by atoms with van der Waals surface area (Å²) in [6.45, 7) is 4.85. The van der Waals surface area contributed by atoms with Crippen LogP contribution >= 0.6 is 0 Å². The van der Waals surface area contributed by atoms with Crippen LogP contribution in [0.25, 0.3) is 5.65 Å². The summed E-state index contributed by atoms with van der Waals surface area (Å²) in [7, 11) is 0. The predicted octanol–water partition coefficient (Wildman–Crippen LogP) is 1.18. The molecule has 128 valence electrons. The maximum Gasteiger partial charge on any atom is 0.259 e. The topological polar surface area (TPSA) is 79.5 Å². The van der Waals surface area contributed by atoms with Crippen LogP contribution < -0.4 is 4.90 Å². The van der Waals surface area contributed by atoms with E-state index in [9.17, 15) is 4.79 Å². The van der Waals surface area contributed by atoms with Crippen molar-refractivity contribution in [1.82, 2.24) is 29.7 Å². The van der Waals surface area contributed by atoms with E-state index in [-0.39, 0.29) is 5.91 Å². The Balaban J connectivity index is 1.50. The first-order valence-corrected chi connectivity index (χ1v) is 8.35. The summed E-state index contributed by atoms with van der Waals surface area (Å²) in [6.07, 6.45) is 5.94. The normalized spacial score (nSPS) is 15.4. The van der Waals surface area contributed by atoms with Gasteiger partial charge in [0.1, 0.15) is 5.56 Å². The fourth-order valence-corrected chi connectivity index (χ4v) is 3.06. The number of hydrogen-bond acceptors (Lipinski definition) is 6. The van der Waals surface area contributed by atoms with Crippen LogP contribution in [0.15, 0.2) is 36.8 Å². The van der Waals surface area contributed by atoms with Gasteiger partial charge in [-0.05, 0) is 31.5 Å².